The summed E-state index contributed by atoms with van der Waals surface area (Å²) >= 11 is 7.99. The topological polar surface area (TPSA) is 50.9 Å². The summed E-state index contributed by atoms with van der Waals surface area (Å²) in [5.41, 5.74) is 7.76. The van der Waals surface area contributed by atoms with Crippen LogP contribution in [0.4, 0.5) is 5.69 Å². The van der Waals surface area contributed by atoms with Crippen LogP contribution in [0.2, 0.25) is 5.02 Å². The molecule has 0 aliphatic carbocycles. The van der Waals surface area contributed by atoms with Gasteiger partial charge in [-0.25, -0.2) is 0 Å². The van der Waals surface area contributed by atoms with Crippen molar-refractivity contribution in [1.29, 1.82) is 0 Å². The first-order valence-corrected chi connectivity index (χ1v) is 7.94. The first-order chi connectivity index (χ1) is 10.2. The summed E-state index contributed by atoms with van der Waals surface area (Å²) in [5.74, 6) is 0. The van der Waals surface area contributed by atoms with Crippen molar-refractivity contribution in [1.82, 2.24) is 4.98 Å². The van der Waals surface area contributed by atoms with E-state index in [0.29, 0.717) is 11.6 Å². The second-order valence-corrected chi connectivity index (χ2v) is 6.60. The smallest absolute Gasteiger partial charge is 0.0948 e. The Hall–Kier alpha value is -1.62. The molecule has 3 N–H and O–H groups in total. The largest absolute Gasteiger partial charge is 0.374 e. The molecule has 3 aromatic rings. The number of benzene rings is 1. The van der Waals surface area contributed by atoms with E-state index in [1.54, 1.807) is 17.5 Å². The maximum atomic E-state index is 6.23. The molecule has 108 valence electrons. The molecule has 1 atom stereocenters. The third-order valence-electron chi connectivity index (χ3n) is 3.39. The Morgan fingerprint density at radius 2 is 2.14 bits per heavy atom. The normalized spacial score (nSPS) is 12.5. The lowest BCUT2D eigenvalue weighted by Crippen LogP contribution is -2.19. The third kappa shape index (κ3) is 2.88. The molecular weight excluding hydrogens is 302 g/mol. The fourth-order valence-corrected chi connectivity index (χ4v) is 3.49. The lowest BCUT2D eigenvalue weighted by Gasteiger charge is -2.18. The predicted octanol–water partition coefficient (Wildman–Crippen LogP) is 4.37. The minimum absolute atomic E-state index is 0.0788. The van der Waals surface area contributed by atoms with Crippen LogP contribution in [-0.2, 0) is 0 Å². The molecule has 3 nitrogen and oxygen atoms in total. The molecule has 3 rings (SSSR count). The molecule has 0 aliphatic heterocycles. The Morgan fingerprint density at radius 3 is 2.86 bits per heavy atom. The number of pyridine rings is 1. The monoisotopic (exact) mass is 317 g/mol. The Bertz CT molecular complexity index is 769. The fourth-order valence-electron chi connectivity index (χ4n) is 2.33. The first-order valence-electron chi connectivity index (χ1n) is 6.75. The number of hydrogen-bond donors (Lipinski definition) is 2. The zero-order valence-corrected chi connectivity index (χ0v) is 13.2. The highest BCUT2D eigenvalue weighted by molar-refractivity contribution is 7.12. The van der Waals surface area contributed by atoms with Crippen molar-refractivity contribution in [3.63, 3.8) is 0 Å². The highest BCUT2D eigenvalue weighted by Gasteiger charge is 2.14. The molecule has 21 heavy (non-hydrogen) atoms. The van der Waals surface area contributed by atoms with Gasteiger partial charge in [-0.3, -0.25) is 4.98 Å². The number of aromatic nitrogens is 1. The summed E-state index contributed by atoms with van der Waals surface area (Å²) < 4.78 is 0. The van der Waals surface area contributed by atoms with Crippen molar-refractivity contribution >= 4 is 39.5 Å². The number of aryl methyl sites for hydroxylation is 1. The molecule has 0 aliphatic rings. The van der Waals surface area contributed by atoms with Crippen molar-refractivity contribution in [3.05, 3.63) is 57.4 Å². The number of nitrogens with two attached hydrogens (primary N) is 1. The van der Waals surface area contributed by atoms with Gasteiger partial charge in [0.15, 0.2) is 0 Å². The van der Waals surface area contributed by atoms with E-state index in [9.17, 15) is 0 Å². The second-order valence-electron chi connectivity index (χ2n) is 4.88. The van der Waals surface area contributed by atoms with Crippen LogP contribution in [0.5, 0.6) is 0 Å². The van der Waals surface area contributed by atoms with Gasteiger partial charge >= 0.3 is 0 Å². The number of nitrogens with one attached hydrogen (secondary N) is 1. The van der Waals surface area contributed by atoms with Crippen molar-refractivity contribution < 1.29 is 0 Å². The zero-order chi connectivity index (χ0) is 14.8. The van der Waals surface area contributed by atoms with Gasteiger partial charge in [0.2, 0.25) is 0 Å². The molecule has 2 aromatic heterocycles. The third-order valence-corrected chi connectivity index (χ3v) is 4.83. The molecule has 0 fully saturated rings. The summed E-state index contributed by atoms with van der Waals surface area (Å²) in [4.78, 5) is 6.96. The van der Waals surface area contributed by atoms with Crippen LogP contribution in [0.25, 0.3) is 10.9 Å². The number of anilines is 1. The van der Waals surface area contributed by atoms with Crippen LogP contribution in [0.15, 0.2) is 42.6 Å². The predicted molar refractivity (Wildman–Crippen MR) is 91.2 cm³/mol. The number of rotatable bonds is 4. The van der Waals surface area contributed by atoms with Gasteiger partial charge in [-0.05, 0) is 43.3 Å². The maximum Gasteiger partial charge on any atom is 0.0948 e. The van der Waals surface area contributed by atoms with E-state index in [1.807, 2.05) is 24.3 Å². The van der Waals surface area contributed by atoms with Gasteiger partial charge in [0.1, 0.15) is 0 Å². The molecule has 0 radical (unpaired) electrons. The molecule has 1 aromatic carbocycles. The zero-order valence-electron chi connectivity index (χ0n) is 11.6. The summed E-state index contributed by atoms with van der Waals surface area (Å²) in [7, 11) is 0. The molecule has 2 heterocycles. The maximum absolute atomic E-state index is 6.23. The molecule has 0 saturated heterocycles. The van der Waals surface area contributed by atoms with Gasteiger partial charge in [-0.2, -0.15) is 0 Å². The summed E-state index contributed by atoms with van der Waals surface area (Å²) in [5, 5.41) is 5.15. The van der Waals surface area contributed by atoms with Crippen LogP contribution in [-0.4, -0.2) is 11.5 Å². The molecular formula is C16H16ClN3S. The highest BCUT2D eigenvalue weighted by Crippen LogP contribution is 2.31. The highest BCUT2D eigenvalue weighted by atomic mass is 35.5. The lowest BCUT2D eigenvalue weighted by molar-refractivity contribution is 0.807. The average molecular weight is 318 g/mol. The minimum Gasteiger partial charge on any atom is -0.374 e. The van der Waals surface area contributed by atoms with Gasteiger partial charge in [0.05, 0.1) is 22.3 Å². The lowest BCUT2D eigenvalue weighted by atomic mass is 10.1. The van der Waals surface area contributed by atoms with Crippen molar-refractivity contribution in [2.24, 2.45) is 5.73 Å². The standard InChI is InChI=1S/C16H16ClN3S/c1-10-4-7-15(21-10)14(9-18)20-13-6-5-12(17)11-3-2-8-19-16(11)13/h2-8,14,20H,9,18H2,1H3. The van der Waals surface area contributed by atoms with Crippen LogP contribution >= 0.6 is 22.9 Å². The van der Waals surface area contributed by atoms with Crippen molar-refractivity contribution in [2.45, 2.75) is 13.0 Å². The van der Waals surface area contributed by atoms with Crippen molar-refractivity contribution in [2.75, 3.05) is 11.9 Å². The Balaban J connectivity index is 1.99. The summed E-state index contributed by atoms with van der Waals surface area (Å²) in [6.45, 7) is 2.62. The average Bonchev–Trinajstić information content (AvgIpc) is 2.93. The Morgan fingerprint density at radius 1 is 1.29 bits per heavy atom. The van der Waals surface area contributed by atoms with Gasteiger partial charge in [0, 0.05) is 27.9 Å². The summed E-state index contributed by atoms with van der Waals surface area (Å²) in [6, 6.07) is 12.0. The molecule has 1 unspecified atom stereocenters. The summed E-state index contributed by atoms with van der Waals surface area (Å²) in [6.07, 6.45) is 1.77. The van der Waals surface area contributed by atoms with Crippen LogP contribution in [0.1, 0.15) is 15.8 Å². The fraction of sp³-hybridized carbons (Fsp3) is 0.188. The molecule has 0 bridgehead atoms. The molecule has 0 amide bonds. The van der Waals surface area contributed by atoms with Gasteiger partial charge < -0.3 is 11.1 Å². The quantitative estimate of drug-likeness (QED) is 0.751. The van der Waals surface area contributed by atoms with Crippen molar-refractivity contribution in [3.8, 4) is 0 Å². The van der Waals surface area contributed by atoms with E-state index in [-0.39, 0.29) is 6.04 Å². The number of hydrogen-bond acceptors (Lipinski definition) is 4. The van der Waals surface area contributed by atoms with E-state index in [2.05, 4.69) is 29.4 Å². The Labute approximate surface area is 132 Å². The number of nitrogens with zero attached hydrogens (tertiary/aromatic N) is 1. The molecule has 5 heteroatoms. The van der Waals surface area contributed by atoms with Gasteiger partial charge in [-0.1, -0.05) is 11.6 Å². The number of halogens is 1. The van der Waals surface area contributed by atoms with E-state index < -0.39 is 0 Å². The molecule has 0 spiro atoms. The van der Waals surface area contributed by atoms with E-state index >= 15 is 0 Å². The molecule has 0 saturated carbocycles. The second kappa shape index (κ2) is 6.02. The van der Waals surface area contributed by atoms with Crippen LogP contribution in [0, 0.1) is 6.92 Å². The number of thiophene rings is 1. The first kappa shape index (κ1) is 14.3. The SMILES string of the molecule is Cc1ccc(C(CN)Nc2ccc(Cl)c3cccnc23)s1. The van der Waals surface area contributed by atoms with Crippen LogP contribution < -0.4 is 11.1 Å². The number of fused-ring (bicyclic) bond motifs is 1. The van der Waals surface area contributed by atoms with Gasteiger partial charge in [-0.15, -0.1) is 11.3 Å². The van der Waals surface area contributed by atoms with Gasteiger partial charge in [0.25, 0.3) is 0 Å². The van der Waals surface area contributed by atoms with Crippen LogP contribution in [0.3, 0.4) is 0 Å². The minimum atomic E-state index is 0.0788. The van der Waals surface area contributed by atoms with E-state index in [4.69, 9.17) is 17.3 Å². The van der Waals surface area contributed by atoms with E-state index in [1.165, 1.54) is 9.75 Å². The Kier molecular flexibility index (Phi) is 4.10. The van der Waals surface area contributed by atoms with E-state index in [0.717, 1.165) is 16.6 Å².